The summed E-state index contributed by atoms with van der Waals surface area (Å²) in [6.07, 6.45) is 0. The van der Waals surface area contributed by atoms with Crippen LogP contribution in [0.2, 0.25) is 0 Å². The Balaban J connectivity index is 1.88. The summed E-state index contributed by atoms with van der Waals surface area (Å²) < 4.78 is 10.4. The van der Waals surface area contributed by atoms with E-state index in [9.17, 15) is 9.59 Å². The lowest BCUT2D eigenvalue weighted by molar-refractivity contribution is -0.140. The number of carbonyl (C=O) groups is 2. The van der Waals surface area contributed by atoms with Crippen LogP contribution in [-0.4, -0.2) is 29.9 Å². The highest BCUT2D eigenvalue weighted by atomic mass is 16.7. The molecule has 0 fully saturated rings. The number of fused-ring (bicyclic) bond motifs is 1. The molecule has 21 heavy (non-hydrogen) atoms. The van der Waals surface area contributed by atoms with Gasteiger partial charge in [0.25, 0.3) is 0 Å². The Hall–Kier alpha value is -2.44. The van der Waals surface area contributed by atoms with Gasteiger partial charge in [0.15, 0.2) is 11.5 Å². The average Bonchev–Trinajstić information content (AvgIpc) is 2.89. The average molecular weight is 294 g/mol. The second-order valence-electron chi connectivity index (χ2n) is 5.07. The van der Waals surface area contributed by atoms with Crippen LogP contribution in [-0.2, 0) is 11.3 Å². The van der Waals surface area contributed by atoms with Gasteiger partial charge in [-0.3, -0.25) is 0 Å². The Kier molecular flexibility index (Phi) is 4.52. The zero-order valence-corrected chi connectivity index (χ0v) is 11.9. The van der Waals surface area contributed by atoms with Crippen LogP contribution in [0.1, 0.15) is 19.4 Å². The third kappa shape index (κ3) is 3.77. The van der Waals surface area contributed by atoms with E-state index in [1.165, 1.54) is 0 Å². The number of hydrogen-bond acceptors (Lipinski definition) is 4. The van der Waals surface area contributed by atoms with Crippen molar-refractivity contribution in [1.82, 2.24) is 10.6 Å². The topological polar surface area (TPSA) is 96.9 Å². The van der Waals surface area contributed by atoms with Crippen molar-refractivity contribution in [3.05, 3.63) is 23.8 Å². The number of aliphatic carboxylic acids is 1. The second-order valence-corrected chi connectivity index (χ2v) is 5.07. The largest absolute Gasteiger partial charge is 0.480 e. The predicted molar refractivity (Wildman–Crippen MR) is 74.2 cm³/mol. The molecule has 0 aromatic heterocycles. The summed E-state index contributed by atoms with van der Waals surface area (Å²) in [5, 5.41) is 14.1. The summed E-state index contributed by atoms with van der Waals surface area (Å²) >= 11 is 0. The Morgan fingerprint density at radius 2 is 2.00 bits per heavy atom. The Labute approximate surface area is 122 Å². The molecule has 1 atom stereocenters. The molecule has 1 aliphatic rings. The molecule has 2 rings (SSSR count). The molecule has 1 aromatic carbocycles. The number of nitrogens with one attached hydrogen (secondary N) is 2. The van der Waals surface area contributed by atoms with Crippen LogP contribution in [0, 0.1) is 5.92 Å². The summed E-state index contributed by atoms with van der Waals surface area (Å²) in [6.45, 7) is 3.93. The van der Waals surface area contributed by atoms with Crippen LogP contribution < -0.4 is 20.1 Å². The molecule has 0 unspecified atom stereocenters. The molecule has 0 saturated carbocycles. The Bertz CT molecular complexity index is 544. The van der Waals surface area contributed by atoms with Crippen LogP contribution >= 0.6 is 0 Å². The van der Waals surface area contributed by atoms with Gasteiger partial charge in [-0.1, -0.05) is 19.9 Å². The van der Waals surface area contributed by atoms with Crippen molar-refractivity contribution >= 4 is 12.0 Å². The normalized spacial score (nSPS) is 13.9. The third-order valence-corrected chi connectivity index (χ3v) is 3.11. The number of ether oxygens (including phenoxy) is 2. The predicted octanol–water partition coefficient (Wildman–Crippen LogP) is 1.32. The molecule has 3 N–H and O–H groups in total. The lowest BCUT2D eigenvalue weighted by Gasteiger charge is -2.18. The number of urea groups is 1. The van der Waals surface area contributed by atoms with E-state index in [-0.39, 0.29) is 19.3 Å². The van der Waals surface area contributed by atoms with Gasteiger partial charge in [0.2, 0.25) is 6.79 Å². The number of carboxylic acids is 1. The van der Waals surface area contributed by atoms with Crippen molar-refractivity contribution in [2.75, 3.05) is 6.79 Å². The van der Waals surface area contributed by atoms with E-state index < -0.39 is 18.0 Å². The maximum Gasteiger partial charge on any atom is 0.326 e. The van der Waals surface area contributed by atoms with Crippen molar-refractivity contribution in [3.8, 4) is 11.5 Å². The van der Waals surface area contributed by atoms with E-state index in [1.54, 1.807) is 26.0 Å². The first kappa shape index (κ1) is 15.0. The number of hydrogen-bond donors (Lipinski definition) is 3. The van der Waals surface area contributed by atoms with Gasteiger partial charge in [0.05, 0.1) is 0 Å². The smallest absolute Gasteiger partial charge is 0.326 e. The van der Waals surface area contributed by atoms with Gasteiger partial charge in [-0.25, -0.2) is 9.59 Å². The summed E-state index contributed by atoms with van der Waals surface area (Å²) in [5.41, 5.74) is 0.839. The zero-order chi connectivity index (χ0) is 15.4. The first-order valence-electron chi connectivity index (χ1n) is 6.63. The lowest BCUT2D eigenvalue weighted by Crippen LogP contribution is -2.48. The maximum atomic E-state index is 11.7. The highest BCUT2D eigenvalue weighted by Gasteiger charge is 2.23. The molecule has 0 spiro atoms. The van der Waals surface area contributed by atoms with Crippen molar-refractivity contribution in [1.29, 1.82) is 0 Å². The first-order chi connectivity index (χ1) is 9.97. The molecule has 1 heterocycles. The quantitative estimate of drug-likeness (QED) is 0.761. The lowest BCUT2D eigenvalue weighted by atomic mass is 10.1. The summed E-state index contributed by atoms with van der Waals surface area (Å²) in [4.78, 5) is 22.7. The van der Waals surface area contributed by atoms with E-state index >= 15 is 0 Å². The van der Waals surface area contributed by atoms with Crippen molar-refractivity contribution in [3.63, 3.8) is 0 Å². The van der Waals surface area contributed by atoms with Crippen LogP contribution in [0.25, 0.3) is 0 Å². The van der Waals surface area contributed by atoms with E-state index in [0.29, 0.717) is 11.5 Å². The van der Waals surface area contributed by atoms with Crippen LogP contribution in [0.3, 0.4) is 0 Å². The van der Waals surface area contributed by atoms with Crippen LogP contribution in [0.4, 0.5) is 4.79 Å². The van der Waals surface area contributed by atoms with Gasteiger partial charge >= 0.3 is 12.0 Å². The molecule has 0 bridgehead atoms. The number of carboxylic acid groups (broad SMARTS) is 1. The van der Waals surface area contributed by atoms with Gasteiger partial charge < -0.3 is 25.2 Å². The van der Waals surface area contributed by atoms with Gasteiger partial charge in [0, 0.05) is 6.54 Å². The number of amides is 2. The fourth-order valence-electron chi connectivity index (χ4n) is 1.94. The minimum atomic E-state index is -1.05. The van der Waals surface area contributed by atoms with Gasteiger partial charge in [0.1, 0.15) is 6.04 Å². The molecule has 0 aliphatic carbocycles. The van der Waals surface area contributed by atoms with Crippen LogP contribution in [0.5, 0.6) is 11.5 Å². The standard InChI is InChI=1S/C14H18N2O5/c1-8(2)12(13(17)18)16-14(19)15-6-9-3-4-10-11(5-9)21-7-20-10/h3-5,8,12H,6-7H2,1-2H3,(H,17,18)(H2,15,16,19)/t12-/m1/s1. The second kappa shape index (κ2) is 6.34. The fourth-order valence-corrected chi connectivity index (χ4v) is 1.94. The first-order valence-corrected chi connectivity index (χ1v) is 6.63. The van der Waals surface area contributed by atoms with Gasteiger partial charge in [-0.2, -0.15) is 0 Å². The SMILES string of the molecule is CC(C)[C@@H](NC(=O)NCc1ccc2c(c1)OCO2)C(=O)O. The molecule has 0 saturated heterocycles. The minimum absolute atomic E-state index is 0.196. The van der Waals surface area contributed by atoms with Crippen molar-refractivity contribution < 1.29 is 24.2 Å². The molecule has 0 radical (unpaired) electrons. The van der Waals surface area contributed by atoms with Crippen molar-refractivity contribution in [2.45, 2.75) is 26.4 Å². The summed E-state index contributed by atoms with van der Waals surface area (Å²) in [6, 6.07) is 3.92. The Morgan fingerprint density at radius 3 is 2.67 bits per heavy atom. The minimum Gasteiger partial charge on any atom is -0.480 e. The molecule has 1 aromatic rings. The van der Waals surface area contributed by atoms with Crippen molar-refractivity contribution in [2.24, 2.45) is 5.92 Å². The van der Waals surface area contributed by atoms with E-state index in [4.69, 9.17) is 14.6 Å². The molecule has 2 amide bonds. The molecule has 7 heteroatoms. The van der Waals surface area contributed by atoms with E-state index in [0.717, 1.165) is 5.56 Å². The fraction of sp³-hybridized carbons (Fsp3) is 0.429. The molecule has 1 aliphatic heterocycles. The van der Waals surface area contributed by atoms with Gasteiger partial charge in [-0.05, 0) is 23.6 Å². The number of benzene rings is 1. The molecular weight excluding hydrogens is 276 g/mol. The highest BCUT2D eigenvalue weighted by molar-refractivity contribution is 5.82. The summed E-state index contributed by atoms with van der Waals surface area (Å²) in [7, 11) is 0. The summed E-state index contributed by atoms with van der Waals surface area (Å²) in [5.74, 6) is 0.0660. The molecule has 114 valence electrons. The number of carbonyl (C=O) groups excluding carboxylic acids is 1. The zero-order valence-electron chi connectivity index (χ0n) is 11.9. The van der Waals surface area contributed by atoms with Gasteiger partial charge in [-0.15, -0.1) is 0 Å². The van der Waals surface area contributed by atoms with E-state index in [2.05, 4.69) is 10.6 Å². The molecular formula is C14H18N2O5. The molecule has 7 nitrogen and oxygen atoms in total. The number of rotatable bonds is 5. The highest BCUT2D eigenvalue weighted by Crippen LogP contribution is 2.32. The van der Waals surface area contributed by atoms with Crippen LogP contribution in [0.15, 0.2) is 18.2 Å². The third-order valence-electron chi connectivity index (χ3n) is 3.11. The monoisotopic (exact) mass is 294 g/mol. The van der Waals surface area contributed by atoms with E-state index in [1.807, 2.05) is 6.07 Å². The maximum absolute atomic E-state index is 11.7. The Morgan fingerprint density at radius 1 is 1.29 bits per heavy atom.